The van der Waals surface area contributed by atoms with Crippen LogP contribution >= 0.6 is 11.3 Å². The molecule has 0 saturated carbocycles. The maximum Gasteiger partial charge on any atom is 0.291 e. The third-order valence-corrected chi connectivity index (χ3v) is 4.12. The first-order valence-electron chi connectivity index (χ1n) is 7.42. The van der Waals surface area contributed by atoms with Gasteiger partial charge in [-0.1, -0.05) is 12.1 Å². The van der Waals surface area contributed by atoms with E-state index in [-0.39, 0.29) is 17.6 Å². The second-order valence-electron chi connectivity index (χ2n) is 5.21. The molecule has 0 radical (unpaired) electrons. The van der Waals surface area contributed by atoms with Crippen LogP contribution in [0.3, 0.4) is 0 Å². The van der Waals surface area contributed by atoms with E-state index in [1.807, 2.05) is 29.0 Å². The predicted octanol–water partition coefficient (Wildman–Crippen LogP) is 3.45. The van der Waals surface area contributed by atoms with Crippen molar-refractivity contribution in [1.82, 2.24) is 5.32 Å². The number of rotatable bonds is 6. The number of thiophene rings is 1. The van der Waals surface area contributed by atoms with E-state index in [0.29, 0.717) is 18.7 Å². The van der Waals surface area contributed by atoms with Crippen LogP contribution in [0.25, 0.3) is 0 Å². The topological polar surface area (TPSA) is 71.3 Å². The molecule has 2 amide bonds. The Labute approximate surface area is 143 Å². The minimum atomic E-state index is -0.295. The van der Waals surface area contributed by atoms with E-state index in [0.717, 1.165) is 11.1 Å². The maximum atomic E-state index is 11.9. The maximum absolute atomic E-state index is 11.9. The summed E-state index contributed by atoms with van der Waals surface area (Å²) in [6.45, 7) is 0.454. The van der Waals surface area contributed by atoms with Crippen molar-refractivity contribution in [3.63, 3.8) is 0 Å². The summed E-state index contributed by atoms with van der Waals surface area (Å²) in [7, 11) is 0. The van der Waals surface area contributed by atoms with Crippen LogP contribution in [0.5, 0.6) is 0 Å². The van der Waals surface area contributed by atoms with E-state index in [1.54, 1.807) is 35.6 Å². The second-order valence-corrected chi connectivity index (χ2v) is 5.99. The van der Waals surface area contributed by atoms with Gasteiger partial charge in [-0.15, -0.1) is 0 Å². The first-order chi connectivity index (χ1) is 11.7. The summed E-state index contributed by atoms with van der Waals surface area (Å²) in [5, 5.41) is 9.56. The Kier molecular flexibility index (Phi) is 5.08. The molecule has 0 atom stereocenters. The van der Waals surface area contributed by atoms with Crippen molar-refractivity contribution >= 4 is 28.8 Å². The highest BCUT2D eigenvalue weighted by molar-refractivity contribution is 7.08. The smallest absolute Gasteiger partial charge is 0.291 e. The van der Waals surface area contributed by atoms with Crippen LogP contribution in [-0.2, 0) is 17.8 Å². The largest absolute Gasteiger partial charge is 0.459 e. The Morgan fingerprint density at radius 1 is 1.04 bits per heavy atom. The average Bonchev–Trinajstić information content (AvgIpc) is 3.28. The third-order valence-electron chi connectivity index (χ3n) is 3.39. The number of furan rings is 1. The number of carbonyl (C=O) groups is 2. The molecule has 0 bridgehead atoms. The molecule has 0 unspecified atom stereocenters. The zero-order valence-electron chi connectivity index (χ0n) is 12.8. The van der Waals surface area contributed by atoms with E-state index < -0.39 is 0 Å². The van der Waals surface area contributed by atoms with Gasteiger partial charge in [0.2, 0.25) is 5.91 Å². The molecule has 2 aromatic heterocycles. The van der Waals surface area contributed by atoms with Gasteiger partial charge in [0.25, 0.3) is 5.91 Å². The van der Waals surface area contributed by atoms with Crippen LogP contribution in [0.2, 0.25) is 0 Å². The summed E-state index contributed by atoms with van der Waals surface area (Å²) in [6.07, 6.45) is 1.84. The van der Waals surface area contributed by atoms with E-state index >= 15 is 0 Å². The fourth-order valence-electron chi connectivity index (χ4n) is 2.15. The first-order valence-corrected chi connectivity index (χ1v) is 8.36. The molecule has 0 aliphatic carbocycles. The average molecular weight is 340 g/mol. The van der Waals surface area contributed by atoms with Gasteiger partial charge in [-0.3, -0.25) is 9.59 Å². The lowest BCUT2D eigenvalue weighted by Gasteiger charge is -2.07. The summed E-state index contributed by atoms with van der Waals surface area (Å²) in [5.41, 5.74) is 2.66. The quantitative estimate of drug-likeness (QED) is 0.722. The predicted molar refractivity (Wildman–Crippen MR) is 93.0 cm³/mol. The monoisotopic (exact) mass is 340 g/mol. The molecule has 6 heteroatoms. The standard InChI is InChI=1S/C18H16N2O3S/c21-17(10-14-7-9-24-12-14)19-11-13-3-5-15(6-4-13)20-18(22)16-2-1-8-23-16/h1-9,12H,10-11H2,(H,19,21)(H,20,22). The Bertz CT molecular complexity index is 793. The van der Waals surface area contributed by atoms with Gasteiger partial charge in [-0.05, 0) is 52.2 Å². The van der Waals surface area contributed by atoms with Gasteiger partial charge in [-0.2, -0.15) is 11.3 Å². The fraction of sp³-hybridized carbons (Fsp3) is 0.111. The highest BCUT2D eigenvalue weighted by Crippen LogP contribution is 2.12. The highest BCUT2D eigenvalue weighted by Gasteiger charge is 2.08. The molecular weight excluding hydrogens is 324 g/mol. The van der Waals surface area contributed by atoms with Crippen molar-refractivity contribution < 1.29 is 14.0 Å². The molecule has 122 valence electrons. The van der Waals surface area contributed by atoms with Gasteiger partial charge in [0.1, 0.15) is 0 Å². The third kappa shape index (κ3) is 4.33. The first kappa shape index (κ1) is 16.0. The van der Waals surface area contributed by atoms with Crippen molar-refractivity contribution in [2.45, 2.75) is 13.0 Å². The summed E-state index contributed by atoms with van der Waals surface area (Å²) in [6, 6.07) is 12.5. The SMILES string of the molecule is O=C(Cc1ccsc1)NCc1ccc(NC(=O)c2ccco2)cc1. The molecule has 0 aliphatic heterocycles. The molecule has 2 heterocycles. The van der Waals surface area contributed by atoms with Crippen molar-refractivity contribution in [1.29, 1.82) is 0 Å². The Morgan fingerprint density at radius 3 is 2.54 bits per heavy atom. The van der Waals surface area contributed by atoms with Gasteiger partial charge >= 0.3 is 0 Å². The van der Waals surface area contributed by atoms with Crippen molar-refractivity contribution in [3.8, 4) is 0 Å². The number of carbonyl (C=O) groups excluding carboxylic acids is 2. The summed E-state index contributed by atoms with van der Waals surface area (Å²) in [4.78, 5) is 23.7. The Hall–Kier alpha value is -2.86. The van der Waals surface area contributed by atoms with Crippen LogP contribution in [0.15, 0.2) is 63.9 Å². The fourth-order valence-corrected chi connectivity index (χ4v) is 2.82. The van der Waals surface area contributed by atoms with E-state index in [2.05, 4.69) is 10.6 Å². The van der Waals surface area contributed by atoms with Gasteiger partial charge < -0.3 is 15.1 Å². The van der Waals surface area contributed by atoms with Crippen molar-refractivity contribution in [2.75, 3.05) is 5.32 Å². The number of anilines is 1. The summed E-state index contributed by atoms with van der Waals surface area (Å²) >= 11 is 1.58. The number of nitrogens with one attached hydrogen (secondary N) is 2. The number of hydrogen-bond acceptors (Lipinski definition) is 4. The number of amides is 2. The lowest BCUT2D eigenvalue weighted by Crippen LogP contribution is -2.24. The van der Waals surface area contributed by atoms with Crippen LogP contribution in [0.4, 0.5) is 5.69 Å². The molecule has 0 saturated heterocycles. The van der Waals surface area contributed by atoms with Gasteiger partial charge in [0.05, 0.1) is 12.7 Å². The minimum absolute atomic E-state index is 0.0106. The van der Waals surface area contributed by atoms with Crippen molar-refractivity contribution in [3.05, 3.63) is 76.4 Å². The zero-order valence-corrected chi connectivity index (χ0v) is 13.6. The molecule has 0 aliphatic rings. The molecular formula is C18H16N2O3S. The minimum Gasteiger partial charge on any atom is -0.459 e. The van der Waals surface area contributed by atoms with Crippen molar-refractivity contribution in [2.24, 2.45) is 0 Å². The molecule has 3 rings (SSSR count). The molecule has 5 nitrogen and oxygen atoms in total. The number of benzene rings is 1. The Morgan fingerprint density at radius 2 is 1.88 bits per heavy atom. The Balaban J connectivity index is 1.49. The molecule has 2 N–H and O–H groups in total. The molecule has 0 fully saturated rings. The lowest BCUT2D eigenvalue weighted by molar-refractivity contribution is -0.120. The molecule has 0 spiro atoms. The molecule has 3 aromatic rings. The van der Waals surface area contributed by atoms with E-state index in [9.17, 15) is 9.59 Å². The second kappa shape index (κ2) is 7.61. The summed E-state index contributed by atoms with van der Waals surface area (Å²) in [5.74, 6) is -0.0415. The van der Waals surface area contributed by atoms with E-state index in [4.69, 9.17) is 4.42 Å². The zero-order chi connectivity index (χ0) is 16.8. The normalized spacial score (nSPS) is 10.3. The highest BCUT2D eigenvalue weighted by atomic mass is 32.1. The lowest BCUT2D eigenvalue weighted by atomic mass is 10.2. The number of hydrogen-bond donors (Lipinski definition) is 2. The van der Waals surface area contributed by atoms with E-state index in [1.165, 1.54) is 6.26 Å². The van der Waals surface area contributed by atoms with Crippen LogP contribution < -0.4 is 10.6 Å². The van der Waals surface area contributed by atoms with Gasteiger partial charge in [-0.25, -0.2) is 0 Å². The molecule has 1 aromatic carbocycles. The van der Waals surface area contributed by atoms with Crippen LogP contribution in [0.1, 0.15) is 21.7 Å². The molecule has 24 heavy (non-hydrogen) atoms. The van der Waals surface area contributed by atoms with Crippen LogP contribution in [-0.4, -0.2) is 11.8 Å². The van der Waals surface area contributed by atoms with Crippen LogP contribution in [0, 0.1) is 0 Å². The van der Waals surface area contributed by atoms with Gasteiger partial charge in [0.15, 0.2) is 5.76 Å². The summed E-state index contributed by atoms with van der Waals surface area (Å²) < 4.78 is 5.04. The van der Waals surface area contributed by atoms with Gasteiger partial charge in [0, 0.05) is 12.2 Å².